The molecule has 2 aromatic rings. The third-order valence-corrected chi connectivity index (χ3v) is 3.69. The van der Waals surface area contributed by atoms with Crippen LogP contribution in [-0.2, 0) is 11.3 Å². The van der Waals surface area contributed by atoms with Gasteiger partial charge in [-0.05, 0) is 48.4 Å². The molecule has 5 nitrogen and oxygen atoms in total. The summed E-state index contributed by atoms with van der Waals surface area (Å²) in [6.45, 7) is 2.97. The highest BCUT2D eigenvalue weighted by molar-refractivity contribution is 5.94. The lowest BCUT2D eigenvalue weighted by Gasteiger charge is -2.10. The van der Waals surface area contributed by atoms with Gasteiger partial charge in [0.1, 0.15) is 5.75 Å². The Labute approximate surface area is 154 Å². The van der Waals surface area contributed by atoms with Gasteiger partial charge < -0.3 is 15.0 Å². The van der Waals surface area contributed by atoms with Crippen molar-refractivity contribution >= 4 is 17.9 Å². The molecule has 0 saturated carbocycles. The number of amides is 2. The van der Waals surface area contributed by atoms with Gasteiger partial charge in [0.2, 0.25) is 5.91 Å². The lowest BCUT2D eigenvalue weighted by molar-refractivity contribution is -0.116. The summed E-state index contributed by atoms with van der Waals surface area (Å²) in [5, 5.41) is 2.83. The SMILES string of the molecule is CCOc1ccc(/C=C/C(=O)NCc2ccc(C(=O)N(C)C)cc2)cc1. The number of ether oxygens (including phenoxy) is 1. The smallest absolute Gasteiger partial charge is 0.253 e. The molecule has 0 aliphatic rings. The molecule has 26 heavy (non-hydrogen) atoms. The highest BCUT2D eigenvalue weighted by Gasteiger charge is 2.07. The number of nitrogens with zero attached hydrogens (tertiary/aromatic N) is 1. The molecule has 2 rings (SSSR count). The molecule has 0 heterocycles. The molecule has 0 aliphatic carbocycles. The van der Waals surface area contributed by atoms with Gasteiger partial charge in [0.25, 0.3) is 5.91 Å². The molecule has 0 atom stereocenters. The molecular formula is C21H24N2O3. The van der Waals surface area contributed by atoms with E-state index in [1.807, 2.05) is 43.3 Å². The summed E-state index contributed by atoms with van der Waals surface area (Å²) < 4.78 is 5.38. The molecule has 2 amide bonds. The number of rotatable bonds is 7. The molecule has 0 spiro atoms. The summed E-state index contributed by atoms with van der Waals surface area (Å²) in [4.78, 5) is 25.3. The Morgan fingerprint density at radius 2 is 1.69 bits per heavy atom. The van der Waals surface area contributed by atoms with Gasteiger partial charge in [0, 0.05) is 32.3 Å². The third-order valence-electron chi connectivity index (χ3n) is 3.69. The highest BCUT2D eigenvalue weighted by Crippen LogP contribution is 2.13. The summed E-state index contributed by atoms with van der Waals surface area (Å²) in [5.41, 5.74) is 2.48. The van der Waals surface area contributed by atoms with Gasteiger partial charge in [-0.15, -0.1) is 0 Å². The lowest BCUT2D eigenvalue weighted by Crippen LogP contribution is -2.22. The summed E-state index contributed by atoms with van der Waals surface area (Å²) in [6.07, 6.45) is 3.25. The zero-order valence-electron chi connectivity index (χ0n) is 15.4. The van der Waals surface area contributed by atoms with E-state index < -0.39 is 0 Å². The summed E-state index contributed by atoms with van der Waals surface area (Å²) in [6, 6.07) is 14.7. The molecule has 0 bridgehead atoms. The normalized spacial score (nSPS) is 10.6. The van der Waals surface area contributed by atoms with Crippen LogP contribution in [0.25, 0.3) is 6.08 Å². The largest absolute Gasteiger partial charge is 0.494 e. The zero-order chi connectivity index (χ0) is 18.9. The van der Waals surface area contributed by atoms with Gasteiger partial charge in [-0.1, -0.05) is 24.3 Å². The van der Waals surface area contributed by atoms with Crippen LogP contribution >= 0.6 is 0 Å². The van der Waals surface area contributed by atoms with Crippen LogP contribution in [0.4, 0.5) is 0 Å². The van der Waals surface area contributed by atoms with Gasteiger partial charge in [0.05, 0.1) is 6.61 Å². The van der Waals surface area contributed by atoms with Crippen molar-refractivity contribution in [1.29, 1.82) is 0 Å². The summed E-state index contributed by atoms with van der Waals surface area (Å²) in [7, 11) is 3.43. The Morgan fingerprint density at radius 3 is 2.27 bits per heavy atom. The van der Waals surface area contributed by atoms with E-state index >= 15 is 0 Å². The molecule has 0 aromatic heterocycles. The maximum Gasteiger partial charge on any atom is 0.253 e. The van der Waals surface area contributed by atoms with E-state index in [4.69, 9.17) is 4.74 Å². The van der Waals surface area contributed by atoms with E-state index in [-0.39, 0.29) is 11.8 Å². The Kier molecular flexibility index (Phi) is 6.97. The first kappa shape index (κ1) is 19.2. The predicted octanol–water partition coefficient (Wildman–Crippen LogP) is 3.12. The number of benzene rings is 2. The number of hydrogen-bond donors (Lipinski definition) is 1. The number of carbonyl (C=O) groups is 2. The average molecular weight is 352 g/mol. The quantitative estimate of drug-likeness (QED) is 0.779. The fraction of sp³-hybridized carbons (Fsp3) is 0.238. The van der Waals surface area contributed by atoms with Crippen molar-refractivity contribution in [3.8, 4) is 5.75 Å². The molecule has 0 saturated heterocycles. The molecule has 136 valence electrons. The van der Waals surface area contributed by atoms with Gasteiger partial charge in [-0.25, -0.2) is 0 Å². The molecule has 5 heteroatoms. The van der Waals surface area contributed by atoms with Crippen molar-refractivity contribution in [1.82, 2.24) is 10.2 Å². The fourth-order valence-electron chi connectivity index (χ4n) is 2.29. The zero-order valence-corrected chi connectivity index (χ0v) is 15.4. The van der Waals surface area contributed by atoms with Crippen LogP contribution < -0.4 is 10.1 Å². The minimum Gasteiger partial charge on any atom is -0.494 e. The van der Waals surface area contributed by atoms with Gasteiger partial charge in [-0.3, -0.25) is 9.59 Å². The van der Waals surface area contributed by atoms with Crippen molar-refractivity contribution in [2.75, 3.05) is 20.7 Å². The van der Waals surface area contributed by atoms with Crippen LogP contribution in [0.15, 0.2) is 54.6 Å². The maximum atomic E-state index is 11.9. The number of nitrogens with one attached hydrogen (secondary N) is 1. The van der Waals surface area contributed by atoms with Crippen molar-refractivity contribution in [2.24, 2.45) is 0 Å². The average Bonchev–Trinajstić information content (AvgIpc) is 2.66. The molecule has 0 radical (unpaired) electrons. The Bertz CT molecular complexity index is 763. The van der Waals surface area contributed by atoms with Crippen LogP contribution in [-0.4, -0.2) is 37.4 Å². The molecule has 0 unspecified atom stereocenters. The minimum atomic E-state index is -0.174. The predicted molar refractivity (Wildman–Crippen MR) is 103 cm³/mol. The second-order valence-electron chi connectivity index (χ2n) is 5.95. The second kappa shape index (κ2) is 9.42. The molecule has 0 fully saturated rings. The van der Waals surface area contributed by atoms with Crippen molar-refractivity contribution in [3.05, 3.63) is 71.3 Å². The van der Waals surface area contributed by atoms with Crippen molar-refractivity contribution in [2.45, 2.75) is 13.5 Å². The van der Waals surface area contributed by atoms with Crippen LogP contribution in [0.1, 0.15) is 28.4 Å². The van der Waals surface area contributed by atoms with E-state index in [0.717, 1.165) is 16.9 Å². The molecule has 2 aromatic carbocycles. The molecule has 0 aliphatic heterocycles. The van der Waals surface area contributed by atoms with Crippen molar-refractivity contribution < 1.29 is 14.3 Å². The Balaban J connectivity index is 1.85. The molecule has 1 N–H and O–H groups in total. The van der Waals surface area contributed by atoms with Crippen molar-refractivity contribution in [3.63, 3.8) is 0 Å². The standard InChI is InChI=1S/C21H24N2O3/c1-4-26-19-12-7-16(8-13-19)9-14-20(24)22-15-17-5-10-18(11-6-17)21(25)23(2)3/h5-14H,4,15H2,1-3H3,(H,22,24)/b14-9+. The lowest BCUT2D eigenvalue weighted by atomic mass is 10.1. The fourth-order valence-corrected chi connectivity index (χ4v) is 2.29. The van der Waals surface area contributed by atoms with E-state index in [1.165, 1.54) is 11.0 Å². The monoisotopic (exact) mass is 352 g/mol. The van der Waals surface area contributed by atoms with E-state index in [1.54, 1.807) is 32.3 Å². The van der Waals surface area contributed by atoms with Gasteiger partial charge >= 0.3 is 0 Å². The van der Waals surface area contributed by atoms with Crippen LogP contribution in [0.5, 0.6) is 5.75 Å². The molecular weight excluding hydrogens is 328 g/mol. The number of hydrogen-bond acceptors (Lipinski definition) is 3. The maximum absolute atomic E-state index is 11.9. The number of carbonyl (C=O) groups excluding carboxylic acids is 2. The van der Waals surface area contributed by atoms with E-state index in [2.05, 4.69) is 5.32 Å². The second-order valence-corrected chi connectivity index (χ2v) is 5.95. The van der Waals surface area contributed by atoms with Crippen LogP contribution in [0, 0.1) is 0 Å². The first-order valence-corrected chi connectivity index (χ1v) is 8.49. The first-order valence-electron chi connectivity index (χ1n) is 8.49. The first-order chi connectivity index (χ1) is 12.5. The highest BCUT2D eigenvalue weighted by atomic mass is 16.5. The van der Waals surface area contributed by atoms with Gasteiger partial charge in [0.15, 0.2) is 0 Å². The Hall–Kier alpha value is -3.08. The topological polar surface area (TPSA) is 58.6 Å². The summed E-state index contributed by atoms with van der Waals surface area (Å²) >= 11 is 0. The third kappa shape index (κ3) is 5.77. The van der Waals surface area contributed by atoms with Crippen LogP contribution in [0.3, 0.4) is 0 Å². The van der Waals surface area contributed by atoms with Crippen LogP contribution in [0.2, 0.25) is 0 Å². The van der Waals surface area contributed by atoms with Gasteiger partial charge in [-0.2, -0.15) is 0 Å². The van der Waals surface area contributed by atoms with E-state index in [9.17, 15) is 9.59 Å². The minimum absolute atomic E-state index is 0.0427. The van der Waals surface area contributed by atoms with E-state index in [0.29, 0.717) is 18.7 Å². The summed E-state index contributed by atoms with van der Waals surface area (Å²) in [5.74, 6) is 0.594. The Morgan fingerprint density at radius 1 is 1.04 bits per heavy atom.